The van der Waals surface area contributed by atoms with Crippen molar-refractivity contribution in [3.8, 4) is 17.2 Å². The summed E-state index contributed by atoms with van der Waals surface area (Å²) < 4.78 is 15.9. The lowest BCUT2D eigenvalue weighted by molar-refractivity contribution is -0.123. The Kier molecular flexibility index (Phi) is 5.29. The number of nitrogens with zero attached hydrogens (tertiary/aromatic N) is 1. The van der Waals surface area contributed by atoms with Crippen LogP contribution in [0.4, 0.5) is 0 Å². The first kappa shape index (κ1) is 15.9. The summed E-state index contributed by atoms with van der Waals surface area (Å²) in [6.45, 7) is 0.0899. The summed E-state index contributed by atoms with van der Waals surface area (Å²) in [5.74, 6) is 1.52. The molecule has 2 aromatic carbocycles. The number of hydrogen-bond acceptors (Lipinski definition) is 5. The average Bonchev–Trinajstić information content (AvgIpc) is 3.08. The van der Waals surface area contributed by atoms with Crippen LogP contribution in [0, 0.1) is 0 Å². The molecule has 3 rings (SSSR count). The standard InChI is InChI=1S/C18H18N2O4/c21-18(20-19-10-4-7-14-5-2-1-3-6-14)12-22-15-8-9-16-17(11-15)24-13-23-16/h1-3,5-6,8-11H,4,7,12-13H2,(H,20,21)/b19-10+. The highest BCUT2D eigenvalue weighted by Gasteiger charge is 2.14. The predicted octanol–water partition coefficient (Wildman–Crippen LogP) is 2.53. The van der Waals surface area contributed by atoms with Crippen molar-refractivity contribution in [2.45, 2.75) is 12.8 Å². The van der Waals surface area contributed by atoms with Gasteiger partial charge in [0.1, 0.15) is 5.75 Å². The van der Waals surface area contributed by atoms with E-state index in [1.807, 2.05) is 18.2 Å². The molecule has 0 saturated heterocycles. The number of amides is 1. The minimum absolute atomic E-state index is 0.115. The van der Waals surface area contributed by atoms with Gasteiger partial charge in [-0.1, -0.05) is 30.3 Å². The maximum atomic E-state index is 11.7. The largest absolute Gasteiger partial charge is 0.484 e. The summed E-state index contributed by atoms with van der Waals surface area (Å²) in [7, 11) is 0. The van der Waals surface area contributed by atoms with Crippen molar-refractivity contribution in [1.29, 1.82) is 0 Å². The van der Waals surface area contributed by atoms with Crippen molar-refractivity contribution in [1.82, 2.24) is 5.43 Å². The molecule has 0 radical (unpaired) electrons. The molecule has 1 aliphatic heterocycles. The van der Waals surface area contributed by atoms with Gasteiger partial charge in [0, 0.05) is 12.3 Å². The monoisotopic (exact) mass is 326 g/mol. The third-order valence-corrected chi connectivity index (χ3v) is 3.40. The van der Waals surface area contributed by atoms with Gasteiger partial charge < -0.3 is 14.2 Å². The summed E-state index contributed by atoms with van der Waals surface area (Å²) >= 11 is 0. The molecule has 0 saturated carbocycles. The Bertz CT molecular complexity index is 716. The quantitative estimate of drug-likeness (QED) is 0.627. The lowest BCUT2D eigenvalue weighted by Crippen LogP contribution is -2.24. The van der Waals surface area contributed by atoms with Crippen LogP contribution in [0.2, 0.25) is 0 Å². The zero-order valence-corrected chi connectivity index (χ0v) is 13.1. The Labute approximate surface area is 140 Å². The molecule has 124 valence electrons. The zero-order valence-electron chi connectivity index (χ0n) is 13.1. The van der Waals surface area contributed by atoms with Crippen LogP contribution in [0.25, 0.3) is 0 Å². The number of nitrogens with one attached hydrogen (secondary N) is 1. The number of ether oxygens (including phenoxy) is 3. The van der Waals surface area contributed by atoms with Crippen molar-refractivity contribution >= 4 is 12.1 Å². The summed E-state index contributed by atoms with van der Waals surface area (Å²) in [6.07, 6.45) is 3.33. The van der Waals surface area contributed by atoms with E-state index in [1.54, 1.807) is 24.4 Å². The smallest absolute Gasteiger partial charge is 0.277 e. The molecule has 0 spiro atoms. The molecule has 1 amide bonds. The van der Waals surface area contributed by atoms with Gasteiger partial charge in [0.25, 0.3) is 5.91 Å². The Morgan fingerprint density at radius 2 is 2.00 bits per heavy atom. The number of benzene rings is 2. The molecular formula is C18H18N2O4. The molecular weight excluding hydrogens is 308 g/mol. The highest BCUT2D eigenvalue weighted by atomic mass is 16.7. The van der Waals surface area contributed by atoms with Gasteiger partial charge >= 0.3 is 0 Å². The van der Waals surface area contributed by atoms with Gasteiger partial charge in [-0.3, -0.25) is 4.79 Å². The van der Waals surface area contributed by atoms with E-state index in [0.717, 1.165) is 12.8 Å². The average molecular weight is 326 g/mol. The number of carbonyl (C=O) groups is 1. The molecule has 0 aliphatic carbocycles. The highest BCUT2D eigenvalue weighted by Crippen LogP contribution is 2.34. The van der Waals surface area contributed by atoms with E-state index >= 15 is 0 Å². The number of carbonyl (C=O) groups excluding carboxylic acids is 1. The lowest BCUT2D eigenvalue weighted by atomic mass is 10.1. The van der Waals surface area contributed by atoms with Gasteiger partial charge in [-0.2, -0.15) is 5.10 Å². The lowest BCUT2D eigenvalue weighted by Gasteiger charge is -2.05. The normalized spacial score (nSPS) is 12.3. The molecule has 2 aromatic rings. The van der Waals surface area contributed by atoms with E-state index in [4.69, 9.17) is 14.2 Å². The Balaban J connectivity index is 1.36. The Hall–Kier alpha value is -3.02. The minimum Gasteiger partial charge on any atom is -0.484 e. The number of rotatable bonds is 7. The van der Waals surface area contributed by atoms with Crippen LogP contribution in [-0.4, -0.2) is 25.5 Å². The van der Waals surface area contributed by atoms with Crippen LogP contribution < -0.4 is 19.6 Å². The zero-order chi connectivity index (χ0) is 16.6. The van der Waals surface area contributed by atoms with E-state index in [2.05, 4.69) is 22.7 Å². The SMILES string of the molecule is O=C(COc1ccc2c(c1)OCO2)N/N=C/CCc1ccccc1. The van der Waals surface area contributed by atoms with Crippen LogP contribution in [0.3, 0.4) is 0 Å². The maximum absolute atomic E-state index is 11.7. The summed E-state index contributed by atoms with van der Waals surface area (Å²) in [4.78, 5) is 11.7. The molecule has 0 unspecified atom stereocenters. The summed E-state index contributed by atoms with van der Waals surface area (Å²) in [5.41, 5.74) is 3.68. The van der Waals surface area contributed by atoms with Gasteiger partial charge in [0.2, 0.25) is 6.79 Å². The third kappa shape index (κ3) is 4.49. The number of fused-ring (bicyclic) bond motifs is 1. The van der Waals surface area contributed by atoms with Gasteiger partial charge in [-0.15, -0.1) is 0 Å². The number of aryl methyl sites for hydroxylation is 1. The van der Waals surface area contributed by atoms with Crippen molar-refractivity contribution in [3.63, 3.8) is 0 Å². The Morgan fingerprint density at radius 3 is 2.88 bits per heavy atom. The maximum Gasteiger partial charge on any atom is 0.277 e. The molecule has 1 aliphatic rings. The molecule has 6 heteroatoms. The molecule has 24 heavy (non-hydrogen) atoms. The van der Waals surface area contributed by atoms with E-state index < -0.39 is 0 Å². The van der Waals surface area contributed by atoms with Crippen molar-refractivity contribution < 1.29 is 19.0 Å². The van der Waals surface area contributed by atoms with Crippen molar-refractivity contribution in [2.24, 2.45) is 5.10 Å². The van der Waals surface area contributed by atoms with Crippen LogP contribution in [0.1, 0.15) is 12.0 Å². The van der Waals surface area contributed by atoms with Crippen LogP contribution in [-0.2, 0) is 11.2 Å². The van der Waals surface area contributed by atoms with E-state index in [1.165, 1.54) is 5.56 Å². The predicted molar refractivity (Wildman–Crippen MR) is 89.5 cm³/mol. The summed E-state index contributed by atoms with van der Waals surface area (Å²) in [5, 5.41) is 3.91. The fourth-order valence-electron chi connectivity index (χ4n) is 2.21. The minimum atomic E-state index is -0.316. The molecule has 0 fully saturated rings. The third-order valence-electron chi connectivity index (χ3n) is 3.40. The molecule has 6 nitrogen and oxygen atoms in total. The topological polar surface area (TPSA) is 69.2 Å². The summed E-state index contributed by atoms with van der Waals surface area (Å²) in [6, 6.07) is 15.3. The molecule has 0 bridgehead atoms. The second-order valence-electron chi connectivity index (χ2n) is 5.17. The van der Waals surface area contributed by atoms with E-state index in [-0.39, 0.29) is 19.3 Å². The second-order valence-corrected chi connectivity index (χ2v) is 5.17. The van der Waals surface area contributed by atoms with Gasteiger partial charge in [0.05, 0.1) is 0 Å². The molecule has 1 heterocycles. The van der Waals surface area contributed by atoms with Crippen LogP contribution >= 0.6 is 0 Å². The Morgan fingerprint density at radius 1 is 1.17 bits per heavy atom. The molecule has 1 N–H and O–H groups in total. The van der Waals surface area contributed by atoms with Crippen LogP contribution in [0.5, 0.6) is 17.2 Å². The van der Waals surface area contributed by atoms with Crippen LogP contribution in [0.15, 0.2) is 53.6 Å². The highest BCUT2D eigenvalue weighted by molar-refractivity contribution is 5.78. The first-order chi connectivity index (χ1) is 11.8. The van der Waals surface area contributed by atoms with E-state index in [0.29, 0.717) is 17.2 Å². The fraction of sp³-hybridized carbons (Fsp3) is 0.222. The number of hydrazone groups is 1. The first-order valence-corrected chi connectivity index (χ1v) is 7.68. The fourth-order valence-corrected chi connectivity index (χ4v) is 2.21. The molecule has 0 atom stereocenters. The van der Waals surface area contributed by atoms with Gasteiger partial charge in [-0.05, 0) is 30.5 Å². The van der Waals surface area contributed by atoms with E-state index in [9.17, 15) is 4.79 Å². The molecule has 0 aromatic heterocycles. The van der Waals surface area contributed by atoms with Crippen molar-refractivity contribution in [3.05, 3.63) is 54.1 Å². The second kappa shape index (κ2) is 8.01. The van der Waals surface area contributed by atoms with Crippen molar-refractivity contribution in [2.75, 3.05) is 13.4 Å². The number of hydrogen-bond donors (Lipinski definition) is 1. The first-order valence-electron chi connectivity index (χ1n) is 7.68. The van der Waals surface area contributed by atoms with Gasteiger partial charge in [0.15, 0.2) is 18.1 Å². The van der Waals surface area contributed by atoms with Gasteiger partial charge in [-0.25, -0.2) is 5.43 Å².